The van der Waals surface area contributed by atoms with E-state index in [4.69, 9.17) is 9.47 Å². The molecule has 0 amide bonds. The zero-order valence-electron chi connectivity index (χ0n) is 16.9. The third-order valence-electron chi connectivity index (χ3n) is 4.52. The second-order valence-corrected chi connectivity index (χ2v) is 11.6. The van der Waals surface area contributed by atoms with Gasteiger partial charge in [-0.15, -0.1) is 0 Å². The van der Waals surface area contributed by atoms with Gasteiger partial charge in [0.25, 0.3) is 0 Å². The predicted molar refractivity (Wildman–Crippen MR) is 114 cm³/mol. The van der Waals surface area contributed by atoms with Crippen molar-refractivity contribution in [3.63, 3.8) is 0 Å². The molecular formula is C23H28O4Si. The molecule has 4 nitrogen and oxygen atoms in total. The summed E-state index contributed by atoms with van der Waals surface area (Å²) >= 11 is 0. The molecule has 28 heavy (non-hydrogen) atoms. The number of hydrogen-bond donors (Lipinski definition) is 0. The number of benzene rings is 2. The van der Waals surface area contributed by atoms with Crippen LogP contribution in [0.1, 0.15) is 31.9 Å². The van der Waals surface area contributed by atoms with Crippen LogP contribution in [0, 0.1) is 0 Å². The van der Waals surface area contributed by atoms with E-state index in [0.717, 1.165) is 0 Å². The zero-order chi connectivity index (χ0) is 20.6. The molecule has 2 atom stereocenters. The van der Waals surface area contributed by atoms with Crippen LogP contribution < -0.4 is 5.19 Å². The van der Waals surface area contributed by atoms with E-state index < -0.39 is 26.1 Å². The van der Waals surface area contributed by atoms with Crippen LogP contribution in [0.15, 0.2) is 72.4 Å². The molecule has 0 aliphatic carbocycles. The van der Waals surface area contributed by atoms with Crippen LogP contribution in [-0.4, -0.2) is 26.1 Å². The fourth-order valence-corrected chi connectivity index (χ4v) is 4.77. The fraction of sp³-hybridized carbons (Fsp3) is 0.304. The number of hydrogen-bond acceptors (Lipinski definition) is 4. The van der Waals surface area contributed by atoms with E-state index in [1.165, 1.54) is 12.1 Å². The van der Waals surface area contributed by atoms with Gasteiger partial charge in [-0.25, -0.2) is 4.79 Å². The van der Waals surface area contributed by atoms with Crippen molar-refractivity contribution in [2.75, 3.05) is 0 Å². The molecule has 0 aliphatic heterocycles. The number of ether oxygens (including phenoxy) is 2. The lowest BCUT2D eigenvalue weighted by atomic mass is 10.1. The molecule has 2 aromatic carbocycles. The van der Waals surface area contributed by atoms with Gasteiger partial charge in [0.2, 0.25) is 6.10 Å². The molecule has 0 bridgehead atoms. The van der Waals surface area contributed by atoms with Crippen molar-refractivity contribution < 1.29 is 19.1 Å². The van der Waals surface area contributed by atoms with Gasteiger partial charge in [-0.2, -0.15) is 0 Å². The van der Waals surface area contributed by atoms with Gasteiger partial charge >= 0.3 is 11.9 Å². The highest BCUT2D eigenvalue weighted by Crippen LogP contribution is 2.21. The minimum atomic E-state index is -1.78. The summed E-state index contributed by atoms with van der Waals surface area (Å²) < 4.78 is 10.9. The summed E-state index contributed by atoms with van der Waals surface area (Å²) in [6.07, 6.45) is 1.18. The number of carbonyl (C=O) groups excluding carboxylic acids is 2. The highest BCUT2D eigenvalue weighted by molar-refractivity contribution is 6.93. The van der Waals surface area contributed by atoms with Crippen molar-refractivity contribution >= 4 is 25.2 Å². The summed E-state index contributed by atoms with van der Waals surface area (Å²) in [5.41, 5.74) is 2.79. The normalized spacial score (nSPS) is 13.7. The Labute approximate surface area is 168 Å². The van der Waals surface area contributed by atoms with Crippen LogP contribution in [-0.2, 0) is 19.1 Å². The lowest BCUT2D eigenvalue weighted by molar-refractivity contribution is -0.169. The average Bonchev–Trinajstić information content (AvgIpc) is 2.70. The van der Waals surface area contributed by atoms with Gasteiger partial charge in [0, 0.05) is 12.5 Å². The summed E-state index contributed by atoms with van der Waals surface area (Å²) in [6.45, 7) is 7.75. The van der Waals surface area contributed by atoms with Gasteiger partial charge in [0.15, 0.2) is 0 Å². The minimum absolute atomic E-state index is 0.371. The van der Waals surface area contributed by atoms with Crippen molar-refractivity contribution in [1.29, 1.82) is 0 Å². The first-order chi connectivity index (χ1) is 13.3. The molecule has 0 heterocycles. The Bertz CT molecular complexity index is 800. The molecule has 0 spiro atoms. The van der Waals surface area contributed by atoms with E-state index in [1.54, 1.807) is 24.3 Å². The van der Waals surface area contributed by atoms with E-state index in [-0.39, 0.29) is 6.10 Å². The number of carbonyl (C=O) groups is 2. The Morgan fingerprint density at radius 3 is 2.07 bits per heavy atom. The maximum absolute atomic E-state index is 12.7. The third kappa shape index (κ3) is 6.20. The molecule has 148 valence electrons. The standard InChI is InChI=1S/C23H28O4Si/c1-5-20(16-17-28(3,4)21-14-10-7-11-15-21)27-23(25)22(26-18(2)24)19-12-8-6-9-13-19/h6-17,20,22H,5H2,1-4H3/b17-16+/t20-,22-/m0/s1. The number of esters is 2. The Kier molecular flexibility index (Phi) is 7.76. The van der Waals surface area contributed by atoms with Gasteiger partial charge in [-0.1, -0.05) is 97.6 Å². The molecule has 0 unspecified atom stereocenters. The summed E-state index contributed by atoms with van der Waals surface area (Å²) in [6, 6.07) is 19.3. The average molecular weight is 397 g/mol. The minimum Gasteiger partial charge on any atom is -0.455 e. The van der Waals surface area contributed by atoms with E-state index in [1.807, 2.05) is 37.3 Å². The molecule has 0 saturated heterocycles. The lowest BCUT2D eigenvalue weighted by Gasteiger charge is -2.22. The van der Waals surface area contributed by atoms with Crippen LogP contribution >= 0.6 is 0 Å². The topological polar surface area (TPSA) is 52.6 Å². The quantitative estimate of drug-likeness (QED) is 0.492. The predicted octanol–water partition coefficient (Wildman–Crippen LogP) is 4.32. The molecule has 0 aromatic heterocycles. The summed E-state index contributed by atoms with van der Waals surface area (Å²) in [5.74, 6) is -1.08. The van der Waals surface area contributed by atoms with Gasteiger partial charge in [0.1, 0.15) is 14.2 Å². The van der Waals surface area contributed by atoms with Gasteiger partial charge in [-0.05, 0) is 6.42 Å². The molecular weight excluding hydrogens is 368 g/mol. The first-order valence-electron chi connectivity index (χ1n) is 9.51. The summed E-state index contributed by atoms with van der Waals surface area (Å²) in [5, 5.41) is 1.31. The molecule has 0 aliphatic rings. The van der Waals surface area contributed by atoms with E-state index in [2.05, 4.69) is 30.9 Å². The van der Waals surface area contributed by atoms with Gasteiger partial charge in [0.05, 0.1) is 0 Å². The first-order valence-corrected chi connectivity index (χ1v) is 12.6. The maximum Gasteiger partial charge on any atom is 0.352 e. The van der Waals surface area contributed by atoms with E-state index in [9.17, 15) is 9.59 Å². The van der Waals surface area contributed by atoms with Crippen LogP contribution in [0.25, 0.3) is 0 Å². The lowest BCUT2D eigenvalue weighted by Crippen LogP contribution is -2.39. The number of rotatable bonds is 8. The van der Waals surface area contributed by atoms with E-state index in [0.29, 0.717) is 12.0 Å². The maximum atomic E-state index is 12.7. The van der Waals surface area contributed by atoms with Crippen molar-refractivity contribution in [2.24, 2.45) is 0 Å². The van der Waals surface area contributed by atoms with Gasteiger partial charge < -0.3 is 9.47 Å². The molecule has 2 aromatic rings. The first kappa shape index (κ1) is 21.6. The second kappa shape index (κ2) is 10.0. The fourth-order valence-electron chi connectivity index (χ4n) is 2.83. The summed E-state index contributed by atoms with van der Waals surface area (Å²) in [7, 11) is -1.78. The van der Waals surface area contributed by atoms with E-state index >= 15 is 0 Å². The Hall–Kier alpha value is -2.66. The molecule has 0 N–H and O–H groups in total. The van der Waals surface area contributed by atoms with Crippen molar-refractivity contribution in [2.45, 2.75) is 45.6 Å². The van der Waals surface area contributed by atoms with Crippen molar-refractivity contribution in [3.8, 4) is 0 Å². The third-order valence-corrected chi connectivity index (χ3v) is 7.36. The molecule has 0 fully saturated rings. The smallest absolute Gasteiger partial charge is 0.352 e. The van der Waals surface area contributed by atoms with Crippen LogP contribution in [0.4, 0.5) is 0 Å². The molecule has 0 radical (unpaired) electrons. The highest BCUT2D eigenvalue weighted by atomic mass is 28.3. The monoisotopic (exact) mass is 396 g/mol. The van der Waals surface area contributed by atoms with Crippen LogP contribution in [0.5, 0.6) is 0 Å². The Morgan fingerprint density at radius 2 is 1.54 bits per heavy atom. The molecule has 2 rings (SSSR count). The largest absolute Gasteiger partial charge is 0.455 e. The highest BCUT2D eigenvalue weighted by Gasteiger charge is 2.27. The Balaban J connectivity index is 2.13. The van der Waals surface area contributed by atoms with Crippen molar-refractivity contribution in [1.82, 2.24) is 0 Å². The Morgan fingerprint density at radius 1 is 0.964 bits per heavy atom. The van der Waals surface area contributed by atoms with Crippen LogP contribution in [0.3, 0.4) is 0 Å². The van der Waals surface area contributed by atoms with Gasteiger partial charge in [-0.3, -0.25) is 4.79 Å². The van der Waals surface area contributed by atoms with Crippen molar-refractivity contribution in [3.05, 3.63) is 78.0 Å². The zero-order valence-corrected chi connectivity index (χ0v) is 17.9. The second-order valence-electron chi connectivity index (χ2n) is 7.23. The SMILES string of the molecule is CC[C@@H](/C=C/[Si](C)(C)c1ccccc1)OC(=O)[C@@H](OC(C)=O)c1ccccc1. The molecule has 5 heteroatoms. The molecule has 0 saturated carbocycles. The van der Waals surface area contributed by atoms with Crippen LogP contribution in [0.2, 0.25) is 13.1 Å². The summed E-state index contributed by atoms with van der Waals surface area (Å²) in [4.78, 5) is 24.2.